The Morgan fingerprint density at radius 1 is 1.56 bits per heavy atom. The highest BCUT2D eigenvalue weighted by molar-refractivity contribution is 5.31. The summed E-state index contributed by atoms with van der Waals surface area (Å²) in [5, 5.41) is 3.46. The summed E-state index contributed by atoms with van der Waals surface area (Å²) in [5.74, 6) is 1.81. The van der Waals surface area contributed by atoms with Crippen LogP contribution in [-0.2, 0) is 11.8 Å². The molecule has 1 aromatic rings. The number of nitrogens with zero attached hydrogens (tertiary/aromatic N) is 3. The van der Waals surface area contributed by atoms with E-state index < -0.39 is 0 Å². The first kappa shape index (κ1) is 13.4. The van der Waals surface area contributed by atoms with Gasteiger partial charge in [0.2, 0.25) is 5.95 Å². The lowest BCUT2D eigenvalue weighted by Gasteiger charge is -2.33. The van der Waals surface area contributed by atoms with Gasteiger partial charge in [-0.1, -0.05) is 0 Å². The van der Waals surface area contributed by atoms with E-state index in [1.807, 2.05) is 12.4 Å². The molecule has 1 fully saturated rings. The van der Waals surface area contributed by atoms with E-state index in [4.69, 9.17) is 4.74 Å². The van der Waals surface area contributed by atoms with E-state index >= 15 is 0 Å². The van der Waals surface area contributed by atoms with Crippen LogP contribution in [0.15, 0.2) is 12.4 Å². The van der Waals surface area contributed by atoms with E-state index in [1.165, 1.54) is 12.8 Å². The third kappa shape index (κ3) is 3.46. The molecule has 2 rings (SSSR count). The molecule has 0 aliphatic carbocycles. The highest BCUT2D eigenvalue weighted by Gasteiger charge is 2.21. The quantitative estimate of drug-likeness (QED) is 0.763. The molecule has 1 saturated heterocycles. The number of methoxy groups -OCH3 is 1. The smallest absolute Gasteiger partial charge is 0.205 e. The average molecular weight is 252 g/mol. The zero-order valence-electron chi connectivity index (χ0n) is 11.4. The van der Waals surface area contributed by atoms with E-state index in [9.17, 15) is 0 Å². The molecule has 18 heavy (non-hydrogen) atoms. The topological polar surface area (TPSA) is 42.3 Å². The molecule has 0 bridgehead atoms. The molecule has 1 N–H and O–H groups in total. The number of imidazole rings is 1. The normalized spacial score (nSPS) is 20.3. The SMILES string of the molecule is COCCNCC1CCCN(c2nccn2C)C1. The van der Waals surface area contributed by atoms with Crippen LogP contribution in [0.2, 0.25) is 0 Å². The fourth-order valence-electron chi connectivity index (χ4n) is 2.56. The Labute approximate surface area is 109 Å². The van der Waals surface area contributed by atoms with Crippen LogP contribution < -0.4 is 10.2 Å². The molecule has 0 spiro atoms. The molecular formula is C13H24N4O. The van der Waals surface area contributed by atoms with E-state index in [0.717, 1.165) is 38.7 Å². The minimum atomic E-state index is 0.715. The Morgan fingerprint density at radius 3 is 3.17 bits per heavy atom. The van der Waals surface area contributed by atoms with Crippen LogP contribution in [0.4, 0.5) is 5.95 Å². The number of aryl methyl sites for hydroxylation is 1. The van der Waals surface area contributed by atoms with Gasteiger partial charge in [0.05, 0.1) is 6.61 Å². The Hall–Kier alpha value is -1.07. The van der Waals surface area contributed by atoms with Gasteiger partial charge in [0, 0.05) is 46.2 Å². The number of nitrogens with one attached hydrogen (secondary N) is 1. The lowest BCUT2D eigenvalue weighted by molar-refractivity contribution is 0.197. The summed E-state index contributed by atoms with van der Waals surface area (Å²) < 4.78 is 7.14. The third-order valence-electron chi connectivity index (χ3n) is 3.51. The Kier molecular flexibility index (Phi) is 5.01. The number of hydrogen-bond donors (Lipinski definition) is 1. The van der Waals surface area contributed by atoms with Crippen LogP contribution >= 0.6 is 0 Å². The van der Waals surface area contributed by atoms with Crippen molar-refractivity contribution in [1.29, 1.82) is 0 Å². The third-order valence-corrected chi connectivity index (χ3v) is 3.51. The average Bonchev–Trinajstić information content (AvgIpc) is 2.81. The Morgan fingerprint density at radius 2 is 2.44 bits per heavy atom. The Balaban J connectivity index is 1.80. The molecule has 1 atom stereocenters. The molecule has 2 heterocycles. The van der Waals surface area contributed by atoms with E-state index in [-0.39, 0.29) is 0 Å². The van der Waals surface area contributed by atoms with Gasteiger partial charge < -0.3 is 19.5 Å². The van der Waals surface area contributed by atoms with Crippen LogP contribution in [0.3, 0.4) is 0 Å². The predicted octanol–water partition coefficient (Wildman–Crippen LogP) is 0.872. The second-order valence-electron chi connectivity index (χ2n) is 4.99. The largest absolute Gasteiger partial charge is 0.383 e. The molecule has 0 amide bonds. The monoisotopic (exact) mass is 252 g/mol. The van der Waals surface area contributed by atoms with Crippen LogP contribution in [0.5, 0.6) is 0 Å². The highest BCUT2D eigenvalue weighted by atomic mass is 16.5. The summed E-state index contributed by atoms with van der Waals surface area (Å²) in [4.78, 5) is 6.83. The van der Waals surface area contributed by atoms with Gasteiger partial charge in [0.25, 0.3) is 0 Å². The number of aromatic nitrogens is 2. The van der Waals surface area contributed by atoms with E-state index in [1.54, 1.807) is 7.11 Å². The predicted molar refractivity (Wildman–Crippen MR) is 72.9 cm³/mol. The van der Waals surface area contributed by atoms with Gasteiger partial charge in [-0.3, -0.25) is 0 Å². The lowest BCUT2D eigenvalue weighted by Crippen LogP contribution is -2.41. The van der Waals surface area contributed by atoms with Crippen LogP contribution in [0.1, 0.15) is 12.8 Å². The van der Waals surface area contributed by atoms with Gasteiger partial charge in [0.1, 0.15) is 0 Å². The van der Waals surface area contributed by atoms with Crippen molar-refractivity contribution in [1.82, 2.24) is 14.9 Å². The molecule has 1 aliphatic rings. The molecule has 1 unspecified atom stereocenters. The van der Waals surface area contributed by atoms with Crippen LogP contribution in [0, 0.1) is 5.92 Å². The zero-order valence-corrected chi connectivity index (χ0v) is 11.4. The molecule has 5 heteroatoms. The number of hydrogen-bond acceptors (Lipinski definition) is 4. The first-order chi connectivity index (χ1) is 8.81. The van der Waals surface area contributed by atoms with E-state index in [2.05, 4.69) is 26.8 Å². The van der Waals surface area contributed by atoms with Crippen molar-refractivity contribution >= 4 is 5.95 Å². The van der Waals surface area contributed by atoms with Crippen molar-refractivity contribution in [3.63, 3.8) is 0 Å². The minimum Gasteiger partial charge on any atom is -0.383 e. The molecule has 1 aliphatic heterocycles. The second-order valence-corrected chi connectivity index (χ2v) is 4.99. The van der Waals surface area contributed by atoms with Crippen molar-refractivity contribution in [3.05, 3.63) is 12.4 Å². The first-order valence-corrected chi connectivity index (χ1v) is 6.73. The number of ether oxygens (including phenoxy) is 1. The van der Waals surface area contributed by atoms with Gasteiger partial charge in [0.15, 0.2) is 0 Å². The lowest BCUT2D eigenvalue weighted by atomic mass is 9.98. The Bertz CT molecular complexity index is 353. The van der Waals surface area contributed by atoms with Gasteiger partial charge in [-0.25, -0.2) is 4.98 Å². The molecule has 1 aromatic heterocycles. The van der Waals surface area contributed by atoms with Crippen LogP contribution in [0.25, 0.3) is 0 Å². The zero-order chi connectivity index (χ0) is 12.8. The van der Waals surface area contributed by atoms with Crippen molar-refractivity contribution in [2.24, 2.45) is 13.0 Å². The molecule has 0 radical (unpaired) electrons. The molecule has 5 nitrogen and oxygen atoms in total. The summed E-state index contributed by atoms with van der Waals surface area (Å²) in [6, 6.07) is 0. The van der Waals surface area contributed by atoms with Gasteiger partial charge in [-0.2, -0.15) is 0 Å². The van der Waals surface area contributed by atoms with Crippen molar-refractivity contribution < 1.29 is 4.74 Å². The number of anilines is 1. The molecule has 102 valence electrons. The maximum absolute atomic E-state index is 5.04. The summed E-state index contributed by atoms with van der Waals surface area (Å²) in [6.45, 7) is 5.03. The maximum Gasteiger partial charge on any atom is 0.205 e. The number of rotatable bonds is 6. The minimum absolute atomic E-state index is 0.715. The summed E-state index contributed by atoms with van der Waals surface area (Å²) in [7, 11) is 3.80. The highest BCUT2D eigenvalue weighted by Crippen LogP contribution is 2.20. The maximum atomic E-state index is 5.04. The van der Waals surface area contributed by atoms with Crippen LogP contribution in [-0.4, -0.2) is 49.4 Å². The summed E-state index contributed by atoms with van der Waals surface area (Å²) in [6.07, 6.45) is 6.44. The van der Waals surface area contributed by atoms with Crippen molar-refractivity contribution in [2.75, 3.05) is 44.8 Å². The molecular weight excluding hydrogens is 228 g/mol. The van der Waals surface area contributed by atoms with Crippen molar-refractivity contribution in [3.8, 4) is 0 Å². The van der Waals surface area contributed by atoms with Gasteiger partial charge >= 0.3 is 0 Å². The summed E-state index contributed by atoms with van der Waals surface area (Å²) >= 11 is 0. The fraction of sp³-hybridized carbons (Fsp3) is 0.769. The number of piperidine rings is 1. The van der Waals surface area contributed by atoms with E-state index in [0.29, 0.717) is 5.92 Å². The first-order valence-electron chi connectivity index (χ1n) is 6.73. The van der Waals surface area contributed by atoms with Crippen molar-refractivity contribution in [2.45, 2.75) is 12.8 Å². The molecule has 0 aromatic carbocycles. The van der Waals surface area contributed by atoms with Gasteiger partial charge in [-0.05, 0) is 25.3 Å². The summed E-state index contributed by atoms with van der Waals surface area (Å²) in [5.41, 5.74) is 0. The standard InChI is InChI=1S/C13H24N4O/c1-16-8-5-15-13(16)17-7-3-4-12(11-17)10-14-6-9-18-2/h5,8,12,14H,3-4,6-7,9-11H2,1-2H3. The fourth-order valence-corrected chi connectivity index (χ4v) is 2.56. The van der Waals surface area contributed by atoms with Gasteiger partial charge in [-0.15, -0.1) is 0 Å². The molecule has 0 saturated carbocycles. The second kappa shape index (κ2) is 6.75.